The minimum atomic E-state index is -1.07. The number of benzene rings is 5. The summed E-state index contributed by atoms with van der Waals surface area (Å²) in [4.78, 5) is 158. The first-order valence-electron chi connectivity index (χ1n) is 48.8. The van der Waals surface area contributed by atoms with Gasteiger partial charge in [0.05, 0.1) is 139 Å². The van der Waals surface area contributed by atoms with Crippen LogP contribution in [0.4, 0.5) is 0 Å². The highest BCUT2D eigenvalue weighted by molar-refractivity contribution is 7.24. The van der Waals surface area contributed by atoms with E-state index < -0.39 is 82.6 Å². The Bertz CT molecular complexity index is 6030. The van der Waals surface area contributed by atoms with Crippen LogP contribution in [0.25, 0.3) is 49.1 Å². The smallest absolute Gasteiger partial charge is 0.270 e. The molecule has 772 valence electrons. The number of pyridine rings is 2. The second-order valence-electron chi connectivity index (χ2n) is 38.9. The number of nitrogens with zero attached hydrogens (tertiary/aromatic N) is 6. The minimum absolute atomic E-state index is 0.00846. The van der Waals surface area contributed by atoms with Gasteiger partial charge in [0.25, 0.3) is 11.8 Å². The number of aryl methyl sites for hydroxylation is 2. The molecule has 34 nitrogen and oxygen atoms in total. The number of methoxy groups -OCH3 is 2. The molecular formula is C108H131ClN14O20S2. The lowest BCUT2D eigenvalue weighted by Gasteiger charge is -2.35. The van der Waals surface area contributed by atoms with Crippen molar-refractivity contribution in [2.24, 2.45) is 22.2 Å². The first-order valence-corrected chi connectivity index (χ1v) is 50.8. The summed E-state index contributed by atoms with van der Waals surface area (Å²) in [5, 5.41) is 46.9. The molecule has 4 aliphatic rings. The molecule has 2 saturated heterocycles. The third-order valence-electron chi connectivity index (χ3n) is 25.3. The molecular weight excluding hydrogens is 1910 g/mol. The zero-order valence-electron chi connectivity index (χ0n) is 83.6. The van der Waals surface area contributed by atoms with Crippen LogP contribution in [0.1, 0.15) is 163 Å². The van der Waals surface area contributed by atoms with Crippen molar-refractivity contribution in [3.63, 3.8) is 0 Å². The highest BCUT2D eigenvalue weighted by Crippen LogP contribution is 2.63. The topological polar surface area (TPSA) is 439 Å². The van der Waals surface area contributed by atoms with E-state index in [4.69, 9.17) is 59.5 Å². The van der Waals surface area contributed by atoms with Crippen molar-refractivity contribution in [3.05, 3.63) is 230 Å². The lowest BCUT2D eigenvalue weighted by atomic mass is 9.72. The summed E-state index contributed by atoms with van der Waals surface area (Å²) in [7, 11) is 3.12. The number of β-amino-alcohol motifs (C(OH)–C–C–N with tert-alkyl or cyclic N) is 2. The third kappa shape index (κ3) is 32.5. The highest BCUT2D eigenvalue weighted by atomic mass is 35.5. The molecule has 6 atom stereocenters. The van der Waals surface area contributed by atoms with Gasteiger partial charge in [0.2, 0.25) is 47.3 Å². The van der Waals surface area contributed by atoms with Gasteiger partial charge in [-0.2, -0.15) is 0 Å². The second-order valence-corrected chi connectivity index (χ2v) is 41.3. The third-order valence-corrected chi connectivity index (χ3v) is 28.1. The van der Waals surface area contributed by atoms with Crippen molar-refractivity contribution >= 4 is 112 Å². The van der Waals surface area contributed by atoms with E-state index in [1.807, 2.05) is 141 Å². The number of ether oxygens (including phenoxy) is 8. The van der Waals surface area contributed by atoms with Crippen molar-refractivity contribution in [1.29, 1.82) is 0 Å². The Morgan fingerprint density at radius 1 is 0.469 bits per heavy atom. The van der Waals surface area contributed by atoms with E-state index in [1.54, 1.807) is 79.1 Å². The van der Waals surface area contributed by atoms with Gasteiger partial charge in [-0.25, -0.2) is 19.9 Å². The van der Waals surface area contributed by atoms with E-state index in [0.29, 0.717) is 53.2 Å². The molecule has 4 aromatic heterocycles. The van der Waals surface area contributed by atoms with Gasteiger partial charge in [-0.3, -0.25) is 47.9 Å². The Balaban J connectivity index is 0.467. The molecule has 0 bridgehead atoms. The average Bonchev–Trinajstić information content (AvgIpc) is 1.60. The van der Waals surface area contributed by atoms with Crippen LogP contribution >= 0.6 is 34.3 Å². The fraction of sp³-hybridized carbons (Fsp3) is 0.444. The number of aliphatic hydroxyl groups is 2. The molecule has 37 heteroatoms. The van der Waals surface area contributed by atoms with Crippen LogP contribution in [0.15, 0.2) is 152 Å². The number of likely N-dealkylation sites (tertiary alicyclic amines) is 2. The zero-order chi connectivity index (χ0) is 103. The zero-order valence-corrected chi connectivity index (χ0v) is 86.0. The van der Waals surface area contributed by atoms with Gasteiger partial charge in [-0.1, -0.05) is 187 Å². The number of aliphatic hydroxyl groups excluding tert-OH is 2. The van der Waals surface area contributed by atoms with Crippen molar-refractivity contribution in [2.75, 3.05) is 120 Å². The first kappa shape index (κ1) is 110. The van der Waals surface area contributed by atoms with Gasteiger partial charge >= 0.3 is 0 Å². The van der Waals surface area contributed by atoms with E-state index in [2.05, 4.69) is 58.6 Å². The Morgan fingerprint density at radius 3 is 1.27 bits per heavy atom. The maximum Gasteiger partial charge on any atom is 0.270 e. The number of rotatable bonds is 51. The van der Waals surface area contributed by atoms with Crippen molar-refractivity contribution in [2.45, 2.75) is 169 Å². The van der Waals surface area contributed by atoms with E-state index in [0.717, 1.165) is 86.8 Å². The molecule has 13 rings (SSSR count). The number of amides is 10. The lowest BCUT2D eigenvalue weighted by Crippen LogP contribution is -2.58. The fourth-order valence-electron chi connectivity index (χ4n) is 17.3. The molecule has 10 N–H and O–H groups in total. The van der Waals surface area contributed by atoms with Crippen LogP contribution in [0.5, 0.6) is 11.5 Å². The molecule has 5 aromatic carbocycles. The molecule has 145 heavy (non-hydrogen) atoms. The van der Waals surface area contributed by atoms with E-state index >= 15 is 0 Å². The first-order chi connectivity index (χ1) is 69.6. The molecule has 4 fully saturated rings. The van der Waals surface area contributed by atoms with Crippen LogP contribution in [0.3, 0.4) is 0 Å². The van der Waals surface area contributed by atoms with Gasteiger partial charge in [0, 0.05) is 81.3 Å². The summed E-state index contributed by atoms with van der Waals surface area (Å²) in [6, 6.07) is 36.9. The number of hydrogen-bond donors (Lipinski definition) is 10. The molecule has 0 radical (unpaired) electrons. The molecule has 9 aromatic rings. The largest absolute Gasteiger partial charge is 0.495 e. The molecule has 1 spiro atoms. The summed E-state index contributed by atoms with van der Waals surface area (Å²) in [6.45, 7) is 17.0. The monoisotopic (exact) mass is 2040 g/mol. The highest BCUT2D eigenvalue weighted by Gasteiger charge is 2.52. The summed E-state index contributed by atoms with van der Waals surface area (Å²) in [5.74, 6) is -2.46. The number of carbonyl (C=O) groups is 10. The predicted octanol–water partition coefficient (Wildman–Crippen LogP) is 10.9. The summed E-state index contributed by atoms with van der Waals surface area (Å²) >= 11 is 9.04. The number of nitrogens with one attached hydrogen (secondary N) is 8. The maximum absolute atomic E-state index is 14.4. The standard InChI is InChI=1S/C108H131ClN14O20S2/c1-67-94(77-25-18-70(19-26-77)57-116-100(132)86-53-82(124)63-122(86)104(134)96(106(3,4)5)120-92(128)65-142-45-43-139-38-36-111-91(127)50-73-14-12-16-75(48-73)60-115-99(131)85-52-80(89(137-10)62-113-85)30-22-76-55-108(56-76)33-34-108)144-102(118-67)103-119-68(2)95(145-103)78-27-20-71(21-28-78)58-117-101(133)87-54-83(125)64-123(87)105(135)97(107(6,7)8)121-93(129)66-143-46-44-141-42-41-140-40-39-138-37-35-110-90(126)49-72-13-11-15-74(47-72)59-114-98(130)84-51-79(88(136-9)61-112-84)29-17-69-23-31-81(109)32-24-69/h11-32,47-48,51-52,61-62,76,82-83,86-87,96-97,124-125H,33-46,49-50,53-60,63-66H2,1-10H3,(H,110,126)(H,111,127)(H,114,130)(H,115,131)(H,116,132)(H,117,133)(H,120,128)(H,121,129)/b29-17+,30-22+/t82-,83-,86+,87+,96-,97-/m1/s1. The van der Waals surface area contributed by atoms with Gasteiger partial charge in [0.1, 0.15) is 60.3 Å². The molecule has 2 aliphatic carbocycles. The molecule has 2 saturated carbocycles. The van der Waals surface area contributed by atoms with Gasteiger partial charge < -0.3 is 100 Å². The van der Waals surface area contributed by atoms with Crippen LogP contribution in [0.2, 0.25) is 5.02 Å². The number of halogens is 1. The van der Waals surface area contributed by atoms with Crippen molar-refractivity contribution in [1.82, 2.24) is 72.3 Å². The Labute approximate surface area is 858 Å². The van der Waals surface area contributed by atoms with Gasteiger partial charge in [0.15, 0.2) is 10.0 Å². The number of carbonyl (C=O) groups excluding carboxylic acids is 10. The van der Waals surface area contributed by atoms with Crippen LogP contribution in [-0.4, -0.2) is 255 Å². The number of aromatic nitrogens is 4. The fourth-order valence-corrected chi connectivity index (χ4v) is 19.6. The predicted molar refractivity (Wildman–Crippen MR) is 551 cm³/mol. The van der Waals surface area contributed by atoms with E-state index in [9.17, 15) is 58.2 Å². The normalized spacial score (nSPS) is 16.4. The molecule has 2 aliphatic heterocycles. The summed E-state index contributed by atoms with van der Waals surface area (Å²) < 4.78 is 44.7. The Hall–Kier alpha value is -12.6. The quantitative estimate of drug-likeness (QED) is 0.0158. The SMILES string of the molecule is COc1cnc(C(=O)NCc2cccc(CC(=O)NCCOCCOCCOCCOCC(=O)N[C@H](C(=O)N3C[C@H](O)C[C@H]3C(=O)NCc3ccc(-c4sc(-c5nc(C)c(-c6ccc(CNC(=O)[C@@H]7C[C@@H](O)CN7C(=O)[C@@H](NC(=O)COCCOCCNC(=O)Cc7cccc(CNC(=O)c8cc(/C=C/C9CC%10(CC%10)C9)c(OC)cn8)c7)C(C)(C)C)cc6)s5)nc4C)cc3)C(C)(C)C)c2)cc1/C=C/c1ccc(Cl)cc1. The average molecular weight is 2040 g/mol. The maximum atomic E-state index is 14.4. The van der Waals surface area contributed by atoms with E-state index in [1.165, 1.54) is 71.5 Å². The minimum Gasteiger partial charge on any atom is -0.495 e. The van der Waals surface area contributed by atoms with Crippen molar-refractivity contribution < 1.29 is 96.1 Å². The van der Waals surface area contributed by atoms with Crippen LogP contribution in [-0.2, 0) is 106 Å². The lowest BCUT2D eigenvalue weighted by molar-refractivity contribution is -0.144. The second kappa shape index (κ2) is 52.5. The Morgan fingerprint density at radius 2 is 0.862 bits per heavy atom. The van der Waals surface area contributed by atoms with E-state index in [-0.39, 0.29) is 173 Å². The van der Waals surface area contributed by atoms with Gasteiger partial charge in [-0.05, 0) is 136 Å². The summed E-state index contributed by atoms with van der Waals surface area (Å²) in [6.07, 6.45) is 14.5. The molecule has 0 unspecified atom stereocenters. The van der Waals surface area contributed by atoms with Gasteiger partial charge in [-0.15, -0.1) is 22.7 Å². The van der Waals surface area contributed by atoms with Crippen LogP contribution in [0, 0.1) is 36.0 Å². The van der Waals surface area contributed by atoms with Crippen molar-refractivity contribution in [3.8, 4) is 42.4 Å². The van der Waals surface area contributed by atoms with Crippen LogP contribution < -0.4 is 52.0 Å². The Kier molecular flexibility index (Phi) is 39.7. The number of thiazole rings is 2. The molecule has 10 amide bonds. The summed E-state index contributed by atoms with van der Waals surface area (Å²) in [5.41, 5.74) is 10.1. The molecule has 6 heterocycles. The number of hydrogen-bond acceptors (Lipinski definition) is 26. The number of allylic oxidation sites excluding steroid dienone is 1.